The van der Waals surface area contributed by atoms with Gasteiger partial charge in [0.1, 0.15) is 5.82 Å². The number of aryl methyl sites for hydroxylation is 1. The fraction of sp³-hybridized carbons (Fsp3) is 0.308. The number of benzene rings is 1. The minimum Gasteiger partial charge on any atom is -0.330 e. The van der Waals surface area contributed by atoms with Gasteiger partial charge in [0.15, 0.2) is 0 Å². The molecular weight excluding hydrogens is 278 g/mol. The van der Waals surface area contributed by atoms with Crippen LogP contribution in [0.1, 0.15) is 12.2 Å². The Kier molecular flexibility index (Phi) is 3.97. The Bertz CT molecular complexity index is 531. The summed E-state index contributed by atoms with van der Waals surface area (Å²) in [4.78, 5) is 4.66. The summed E-state index contributed by atoms with van der Waals surface area (Å²) < 4.78 is 3.25. The van der Waals surface area contributed by atoms with Gasteiger partial charge in [-0.25, -0.2) is 4.98 Å². The van der Waals surface area contributed by atoms with Gasteiger partial charge in [0.2, 0.25) is 0 Å². The second kappa shape index (κ2) is 5.47. The maximum Gasteiger partial charge on any atom is 0.110 e. The number of hydrogen-bond acceptors (Lipinski definition) is 2. The highest BCUT2D eigenvalue weighted by atomic mass is 79.9. The predicted octanol–water partition coefficient (Wildman–Crippen LogP) is 2.88. The zero-order valence-corrected chi connectivity index (χ0v) is 11.3. The van der Waals surface area contributed by atoms with Crippen molar-refractivity contribution in [2.75, 3.05) is 6.54 Å². The largest absolute Gasteiger partial charge is 0.330 e. The van der Waals surface area contributed by atoms with E-state index >= 15 is 0 Å². The third kappa shape index (κ3) is 2.58. The van der Waals surface area contributed by atoms with Crippen molar-refractivity contribution in [2.24, 2.45) is 5.73 Å². The number of halogens is 1. The van der Waals surface area contributed by atoms with E-state index < -0.39 is 0 Å². The summed E-state index contributed by atoms with van der Waals surface area (Å²) >= 11 is 3.47. The maximum absolute atomic E-state index is 5.55. The van der Waals surface area contributed by atoms with E-state index in [2.05, 4.69) is 38.1 Å². The van der Waals surface area contributed by atoms with Gasteiger partial charge < -0.3 is 10.3 Å². The molecule has 1 heterocycles. The van der Waals surface area contributed by atoms with Gasteiger partial charge in [-0.3, -0.25) is 0 Å². The molecule has 0 aliphatic heterocycles. The summed E-state index contributed by atoms with van der Waals surface area (Å²) in [6.07, 6.45) is 3.77. The third-order valence-electron chi connectivity index (χ3n) is 2.71. The number of allylic oxidation sites excluding steroid dienone is 1. The van der Waals surface area contributed by atoms with E-state index in [9.17, 15) is 0 Å². The number of hydrogen-bond donors (Lipinski definition) is 1. The molecule has 1 aromatic heterocycles. The molecule has 0 unspecified atom stereocenters. The van der Waals surface area contributed by atoms with Crippen molar-refractivity contribution in [3.8, 4) is 0 Å². The van der Waals surface area contributed by atoms with Crippen LogP contribution in [-0.2, 0) is 13.0 Å². The van der Waals surface area contributed by atoms with Crippen LogP contribution in [0.4, 0.5) is 0 Å². The highest BCUT2D eigenvalue weighted by molar-refractivity contribution is 9.10. The topological polar surface area (TPSA) is 43.8 Å². The molecule has 2 aromatic rings. The third-order valence-corrected chi connectivity index (χ3v) is 3.20. The van der Waals surface area contributed by atoms with Crippen molar-refractivity contribution < 1.29 is 0 Å². The van der Waals surface area contributed by atoms with E-state index in [-0.39, 0.29) is 0 Å². The summed E-state index contributed by atoms with van der Waals surface area (Å²) in [6, 6.07) is 6.17. The Morgan fingerprint density at radius 2 is 2.29 bits per heavy atom. The van der Waals surface area contributed by atoms with Crippen LogP contribution >= 0.6 is 15.9 Å². The average molecular weight is 294 g/mol. The fourth-order valence-corrected chi connectivity index (χ4v) is 2.29. The summed E-state index contributed by atoms with van der Waals surface area (Å²) in [6.45, 7) is 5.28. The molecule has 0 atom stereocenters. The first-order valence-corrected chi connectivity index (χ1v) is 6.51. The van der Waals surface area contributed by atoms with Crippen LogP contribution in [0.5, 0.6) is 0 Å². The Labute approximate surface area is 109 Å². The fourth-order valence-electron chi connectivity index (χ4n) is 1.94. The summed E-state index contributed by atoms with van der Waals surface area (Å²) in [5.41, 5.74) is 7.73. The van der Waals surface area contributed by atoms with Crippen molar-refractivity contribution in [2.45, 2.75) is 19.4 Å². The molecule has 0 aliphatic rings. The maximum atomic E-state index is 5.55. The molecule has 0 radical (unpaired) electrons. The van der Waals surface area contributed by atoms with Crippen LogP contribution in [-0.4, -0.2) is 16.1 Å². The van der Waals surface area contributed by atoms with Crippen molar-refractivity contribution in [3.05, 3.63) is 41.2 Å². The number of nitrogens with zero attached hydrogens (tertiary/aromatic N) is 2. The predicted molar refractivity (Wildman–Crippen MR) is 75.0 cm³/mol. The Morgan fingerprint density at radius 3 is 3.00 bits per heavy atom. The minimum atomic E-state index is 0.695. The van der Waals surface area contributed by atoms with Crippen LogP contribution in [0.15, 0.2) is 35.3 Å². The van der Waals surface area contributed by atoms with Crippen molar-refractivity contribution >= 4 is 27.0 Å². The van der Waals surface area contributed by atoms with Crippen molar-refractivity contribution in [3.63, 3.8) is 0 Å². The SMILES string of the molecule is C=CCn1c(CCCN)nc2cc(Br)ccc21. The lowest BCUT2D eigenvalue weighted by atomic mass is 10.3. The monoisotopic (exact) mass is 293 g/mol. The van der Waals surface area contributed by atoms with Gasteiger partial charge in [0, 0.05) is 17.4 Å². The van der Waals surface area contributed by atoms with E-state index in [0.29, 0.717) is 6.54 Å². The number of rotatable bonds is 5. The molecule has 90 valence electrons. The quantitative estimate of drug-likeness (QED) is 0.862. The lowest BCUT2D eigenvalue weighted by Gasteiger charge is -2.05. The van der Waals surface area contributed by atoms with E-state index in [1.54, 1.807) is 0 Å². The molecule has 0 amide bonds. The van der Waals surface area contributed by atoms with Gasteiger partial charge in [0.25, 0.3) is 0 Å². The molecule has 1 aromatic carbocycles. The average Bonchev–Trinajstić information content (AvgIpc) is 2.64. The molecule has 0 bridgehead atoms. The molecule has 17 heavy (non-hydrogen) atoms. The van der Waals surface area contributed by atoms with E-state index in [1.165, 1.54) is 0 Å². The molecule has 2 rings (SSSR count). The summed E-state index contributed by atoms with van der Waals surface area (Å²) in [5.74, 6) is 1.09. The van der Waals surface area contributed by atoms with Crippen LogP contribution in [0.2, 0.25) is 0 Å². The normalized spacial score (nSPS) is 10.9. The summed E-state index contributed by atoms with van der Waals surface area (Å²) in [5, 5.41) is 0. The zero-order chi connectivity index (χ0) is 12.3. The zero-order valence-electron chi connectivity index (χ0n) is 9.69. The number of nitrogens with two attached hydrogens (primary N) is 1. The number of imidazole rings is 1. The van der Waals surface area contributed by atoms with Crippen LogP contribution in [0.3, 0.4) is 0 Å². The first-order valence-electron chi connectivity index (χ1n) is 5.72. The molecule has 0 spiro atoms. The van der Waals surface area contributed by atoms with Gasteiger partial charge in [0.05, 0.1) is 11.0 Å². The van der Waals surface area contributed by atoms with E-state index in [0.717, 1.165) is 40.7 Å². The Morgan fingerprint density at radius 1 is 1.47 bits per heavy atom. The van der Waals surface area contributed by atoms with Gasteiger partial charge in [-0.2, -0.15) is 0 Å². The van der Waals surface area contributed by atoms with Gasteiger partial charge in [-0.15, -0.1) is 6.58 Å². The molecular formula is C13H16BrN3. The lowest BCUT2D eigenvalue weighted by molar-refractivity contribution is 0.712. The number of aromatic nitrogens is 2. The molecule has 0 fully saturated rings. The molecule has 0 saturated heterocycles. The van der Waals surface area contributed by atoms with Gasteiger partial charge in [-0.05, 0) is 31.2 Å². The van der Waals surface area contributed by atoms with Gasteiger partial charge >= 0.3 is 0 Å². The molecule has 3 nitrogen and oxygen atoms in total. The smallest absolute Gasteiger partial charge is 0.110 e. The van der Waals surface area contributed by atoms with E-state index in [4.69, 9.17) is 5.73 Å². The molecule has 0 saturated carbocycles. The first kappa shape index (κ1) is 12.3. The number of fused-ring (bicyclic) bond motifs is 1. The van der Waals surface area contributed by atoms with Crippen molar-refractivity contribution in [1.82, 2.24) is 9.55 Å². The summed E-state index contributed by atoms with van der Waals surface area (Å²) in [7, 11) is 0. The van der Waals surface area contributed by atoms with Crippen LogP contribution < -0.4 is 5.73 Å². The Balaban J connectivity index is 2.49. The minimum absolute atomic E-state index is 0.695. The second-order valence-corrected chi connectivity index (χ2v) is 4.87. The standard InChI is InChI=1S/C13H16BrN3/c1-2-8-17-12-6-5-10(14)9-11(12)16-13(17)4-3-7-15/h2,5-6,9H,1,3-4,7-8,15H2. The molecule has 4 heteroatoms. The van der Waals surface area contributed by atoms with Crippen LogP contribution in [0, 0.1) is 0 Å². The van der Waals surface area contributed by atoms with Crippen molar-refractivity contribution in [1.29, 1.82) is 0 Å². The lowest BCUT2D eigenvalue weighted by Crippen LogP contribution is -2.06. The van der Waals surface area contributed by atoms with Crippen LogP contribution in [0.25, 0.3) is 11.0 Å². The van der Waals surface area contributed by atoms with Gasteiger partial charge in [-0.1, -0.05) is 22.0 Å². The Hall–Kier alpha value is -1.13. The molecule has 0 aliphatic carbocycles. The highest BCUT2D eigenvalue weighted by Crippen LogP contribution is 2.21. The second-order valence-electron chi connectivity index (χ2n) is 3.95. The van der Waals surface area contributed by atoms with E-state index in [1.807, 2.05) is 18.2 Å². The highest BCUT2D eigenvalue weighted by Gasteiger charge is 2.09. The molecule has 2 N–H and O–H groups in total. The first-order chi connectivity index (χ1) is 8.26.